The smallest absolute Gasteiger partial charge is 0.0672 e. The first kappa shape index (κ1) is 10.4. The van der Waals surface area contributed by atoms with Crippen LogP contribution in [0.1, 0.15) is 10.6 Å². The van der Waals surface area contributed by atoms with Gasteiger partial charge in [-0.15, -0.1) is 11.3 Å². The summed E-state index contributed by atoms with van der Waals surface area (Å²) >= 11 is 1.79. The van der Waals surface area contributed by atoms with Crippen molar-refractivity contribution in [2.24, 2.45) is 7.05 Å². The number of rotatable bonds is 3. The summed E-state index contributed by atoms with van der Waals surface area (Å²) in [6.07, 6.45) is 2.07. The van der Waals surface area contributed by atoms with Crippen molar-refractivity contribution in [1.82, 2.24) is 15.1 Å². The van der Waals surface area contributed by atoms with Crippen LogP contribution in [-0.4, -0.2) is 16.8 Å². The molecule has 80 valence electrons. The van der Waals surface area contributed by atoms with Crippen molar-refractivity contribution in [3.63, 3.8) is 0 Å². The number of nitrogens with zero attached hydrogens (tertiary/aromatic N) is 2. The van der Waals surface area contributed by atoms with Gasteiger partial charge in [0.15, 0.2) is 0 Å². The Morgan fingerprint density at radius 1 is 1.53 bits per heavy atom. The van der Waals surface area contributed by atoms with Crippen molar-refractivity contribution in [1.29, 1.82) is 0 Å². The first-order valence-corrected chi connectivity index (χ1v) is 5.81. The highest BCUT2D eigenvalue weighted by atomic mass is 32.1. The lowest BCUT2D eigenvalue weighted by molar-refractivity contribution is 0.756. The molecule has 0 fully saturated rings. The van der Waals surface area contributed by atoms with Gasteiger partial charge in [0.05, 0.1) is 5.69 Å². The van der Waals surface area contributed by atoms with E-state index in [9.17, 15) is 0 Å². The van der Waals surface area contributed by atoms with Crippen LogP contribution in [0.15, 0.2) is 17.6 Å². The van der Waals surface area contributed by atoms with Crippen LogP contribution in [0.4, 0.5) is 0 Å². The van der Waals surface area contributed by atoms with Crippen LogP contribution in [0, 0.1) is 6.92 Å². The largest absolute Gasteiger partial charge is 0.315 e. The standard InChI is InChI=1S/C11H15N3S/c1-8-11(6-14(3)13-8)9-4-10(5-12-2)15-7-9/h4,6-7,12H,5H2,1-3H3. The monoisotopic (exact) mass is 221 g/mol. The maximum absolute atomic E-state index is 4.35. The van der Waals surface area contributed by atoms with E-state index in [1.54, 1.807) is 11.3 Å². The summed E-state index contributed by atoms with van der Waals surface area (Å²) in [5, 5.41) is 9.70. The second-order valence-corrected chi connectivity index (χ2v) is 4.63. The Bertz CT molecular complexity index is 456. The lowest BCUT2D eigenvalue weighted by Crippen LogP contribution is -2.02. The van der Waals surface area contributed by atoms with Crippen LogP contribution in [0.3, 0.4) is 0 Å². The van der Waals surface area contributed by atoms with Crippen LogP contribution < -0.4 is 5.32 Å². The quantitative estimate of drug-likeness (QED) is 0.861. The zero-order valence-corrected chi connectivity index (χ0v) is 10.1. The van der Waals surface area contributed by atoms with Gasteiger partial charge in [0.1, 0.15) is 0 Å². The molecule has 0 atom stereocenters. The number of hydrogen-bond donors (Lipinski definition) is 1. The number of thiophene rings is 1. The van der Waals surface area contributed by atoms with Gasteiger partial charge in [-0.1, -0.05) is 0 Å². The minimum Gasteiger partial charge on any atom is -0.315 e. The number of nitrogens with one attached hydrogen (secondary N) is 1. The third-order valence-electron chi connectivity index (χ3n) is 2.33. The molecule has 15 heavy (non-hydrogen) atoms. The van der Waals surface area contributed by atoms with Crippen LogP contribution in [0.5, 0.6) is 0 Å². The van der Waals surface area contributed by atoms with Gasteiger partial charge < -0.3 is 5.32 Å². The van der Waals surface area contributed by atoms with E-state index < -0.39 is 0 Å². The number of aromatic nitrogens is 2. The van der Waals surface area contributed by atoms with E-state index in [4.69, 9.17) is 0 Å². The highest BCUT2D eigenvalue weighted by Gasteiger charge is 2.07. The molecule has 0 spiro atoms. The highest BCUT2D eigenvalue weighted by Crippen LogP contribution is 2.27. The lowest BCUT2D eigenvalue weighted by Gasteiger charge is -1.93. The molecule has 2 heterocycles. The average molecular weight is 221 g/mol. The van der Waals surface area contributed by atoms with E-state index in [-0.39, 0.29) is 0 Å². The second kappa shape index (κ2) is 4.16. The zero-order valence-electron chi connectivity index (χ0n) is 9.24. The van der Waals surface area contributed by atoms with Crippen molar-refractivity contribution in [3.8, 4) is 11.1 Å². The maximum Gasteiger partial charge on any atom is 0.0672 e. The van der Waals surface area contributed by atoms with Gasteiger partial charge in [-0.2, -0.15) is 5.10 Å². The fourth-order valence-electron chi connectivity index (χ4n) is 1.67. The first-order valence-electron chi connectivity index (χ1n) is 4.93. The van der Waals surface area contributed by atoms with Crippen LogP contribution in [-0.2, 0) is 13.6 Å². The topological polar surface area (TPSA) is 29.9 Å². The summed E-state index contributed by atoms with van der Waals surface area (Å²) in [4.78, 5) is 1.36. The normalized spacial score (nSPS) is 10.9. The molecular weight excluding hydrogens is 206 g/mol. The molecule has 2 rings (SSSR count). The molecule has 2 aromatic heterocycles. The first-order chi connectivity index (χ1) is 7.20. The molecule has 0 saturated heterocycles. The Balaban J connectivity index is 2.32. The Hall–Kier alpha value is -1.13. The van der Waals surface area contributed by atoms with Crippen molar-refractivity contribution in [2.75, 3.05) is 7.05 Å². The predicted molar refractivity (Wildman–Crippen MR) is 64.0 cm³/mol. The van der Waals surface area contributed by atoms with Gasteiger partial charge in [0, 0.05) is 30.2 Å². The molecule has 0 amide bonds. The summed E-state index contributed by atoms with van der Waals surface area (Å²) in [7, 11) is 3.92. The second-order valence-electron chi connectivity index (χ2n) is 3.63. The van der Waals surface area contributed by atoms with Crippen LogP contribution >= 0.6 is 11.3 Å². The Morgan fingerprint density at radius 3 is 2.93 bits per heavy atom. The maximum atomic E-state index is 4.35. The molecule has 0 unspecified atom stereocenters. The molecule has 4 heteroatoms. The molecule has 0 radical (unpaired) electrons. The highest BCUT2D eigenvalue weighted by molar-refractivity contribution is 7.10. The van der Waals surface area contributed by atoms with Gasteiger partial charge in [-0.25, -0.2) is 0 Å². The average Bonchev–Trinajstić information content (AvgIpc) is 2.73. The van der Waals surface area contributed by atoms with Crippen molar-refractivity contribution >= 4 is 11.3 Å². The molecule has 0 aliphatic carbocycles. The summed E-state index contributed by atoms with van der Waals surface area (Å²) < 4.78 is 1.86. The van der Waals surface area contributed by atoms with Crippen LogP contribution in [0.2, 0.25) is 0 Å². The van der Waals surface area contributed by atoms with Crippen LogP contribution in [0.25, 0.3) is 11.1 Å². The van der Waals surface area contributed by atoms with Gasteiger partial charge in [0.2, 0.25) is 0 Å². The fourth-order valence-corrected chi connectivity index (χ4v) is 2.57. The minimum absolute atomic E-state index is 0.935. The van der Waals surface area contributed by atoms with Gasteiger partial charge >= 0.3 is 0 Å². The molecule has 0 aromatic carbocycles. The fraction of sp³-hybridized carbons (Fsp3) is 0.364. The molecule has 1 N–H and O–H groups in total. The Labute approximate surface area is 93.7 Å². The third-order valence-corrected chi connectivity index (χ3v) is 3.27. The molecule has 3 nitrogen and oxygen atoms in total. The van der Waals surface area contributed by atoms with E-state index in [1.165, 1.54) is 16.0 Å². The molecule has 0 aliphatic heterocycles. The zero-order chi connectivity index (χ0) is 10.8. The van der Waals surface area contributed by atoms with Gasteiger partial charge in [0.25, 0.3) is 0 Å². The summed E-state index contributed by atoms with van der Waals surface area (Å²) in [5.74, 6) is 0. The van der Waals surface area contributed by atoms with Crippen molar-refractivity contribution in [3.05, 3.63) is 28.2 Å². The lowest BCUT2D eigenvalue weighted by atomic mass is 10.1. The summed E-state index contributed by atoms with van der Waals surface area (Å²) in [6.45, 7) is 2.98. The number of aryl methyl sites for hydroxylation is 2. The van der Waals surface area contributed by atoms with Gasteiger partial charge in [-0.3, -0.25) is 4.68 Å². The molecule has 2 aromatic rings. The SMILES string of the molecule is CNCc1cc(-c2cn(C)nc2C)cs1. The molecule has 0 bridgehead atoms. The predicted octanol–water partition coefficient (Wildman–Crippen LogP) is 2.18. The third kappa shape index (κ3) is 2.11. The Kier molecular flexibility index (Phi) is 2.88. The summed E-state index contributed by atoms with van der Waals surface area (Å²) in [5.41, 5.74) is 3.60. The Morgan fingerprint density at radius 2 is 2.33 bits per heavy atom. The summed E-state index contributed by atoms with van der Waals surface area (Å²) in [6, 6.07) is 2.23. The molecular formula is C11H15N3S. The van der Waals surface area contributed by atoms with Crippen molar-refractivity contribution < 1.29 is 0 Å². The minimum atomic E-state index is 0.935. The molecule has 0 saturated carbocycles. The molecule has 0 aliphatic rings. The van der Waals surface area contributed by atoms with E-state index in [0.717, 1.165) is 12.2 Å². The van der Waals surface area contributed by atoms with Gasteiger partial charge in [-0.05, 0) is 31.0 Å². The van der Waals surface area contributed by atoms with Crippen molar-refractivity contribution in [2.45, 2.75) is 13.5 Å². The number of hydrogen-bond acceptors (Lipinski definition) is 3. The van der Waals surface area contributed by atoms with E-state index in [0.29, 0.717) is 0 Å². The van der Waals surface area contributed by atoms with E-state index in [2.05, 4.69) is 28.1 Å². The van der Waals surface area contributed by atoms with E-state index >= 15 is 0 Å². The van der Waals surface area contributed by atoms with E-state index in [1.807, 2.05) is 25.7 Å².